The van der Waals surface area contributed by atoms with Crippen LogP contribution in [0.4, 0.5) is 4.79 Å². The summed E-state index contributed by atoms with van der Waals surface area (Å²) in [6, 6.07) is 9.04. The summed E-state index contributed by atoms with van der Waals surface area (Å²) in [4.78, 5) is 23.0. The van der Waals surface area contributed by atoms with Gasteiger partial charge in [0.15, 0.2) is 0 Å². The largest absolute Gasteiger partial charge is 0.444 e. The first-order valence-corrected chi connectivity index (χ1v) is 5.80. The number of carbonyl (C=O) groups is 2. The van der Waals surface area contributed by atoms with Gasteiger partial charge in [-0.3, -0.25) is 0 Å². The van der Waals surface area contributed by atoms with Gasteiger partial charge in [0.2, 0.25) is 0 Å². The van der Waals surface area contributed by atoms with Gasteiger partial charge < -0.3 is 14.8 Å². The van der Waals surface area contributed by atoms with E-state index in [0.29, 0.717) is 11.8 Å². The second-order valence-corrected chi connectivity index (χ2v) is 5.31. The Morgan fingerprint density at radius 2 is 1.72 bits per heavy atom. The van der Waals surface area contributed by atoms with Gasteiger partial charge in [-0.15, -0.1) is 0 Å². The third-order valence-electron chi connectivity index (χ3n) is 2.37. The number of carbonyl (C=O) groups excluding carboxylic acids is 2. The number of hydrogen-bond acceptors (Lipinski definition) is 3. The smallest absolute Gasteiger partial charge is 0.408 e. The maximum absolute atomic E-state index is 11.7. The van der Waals surface area contributed by atoms with Crippen LogP contribution in [0.1, 0.15) is 33.3 Å². The molecule has 0 fully saturated rings. The minimum atomic E-state index is -1.08. The van der Waals surface area contributed by atoms with Crippen LogP contribution in [0.5, 0.6) is 0 Å². The molecule has 1 aromatic rings. The molecule has 0 saturated heterocycles. The van der Waals surface area contributed by atoms with Gasteiger partial charge in [0, 0.05) is 0 Å². The Kier molecular flexibility index (Phi) is 4.11. The normalized spacial score (nSPS) is 14.4. The van der Waals surface area contributed by atoms with Crippen molar-refractivity contribution in [3.63, 3.8) is 0 Å². The van der Waals surface area contributed by atoms with Gasteiger partial charge in [0.1, 0.15) is 17.4 Å². The summed E-state index contributed by atoms with van der Waals surface area (Å²) in [5, 5.41) is 2.59. The molecule has 0 aliphatic rings. The summed E-state index contributed by atoms with van der Waals surface area (Å²) < 4.78 is 5.15. The maximum Gasteiger partial charge on any atom is 0.408 e. The Labute approximate surface area is 107 Å². The Morgan fingerprint density at radius 1 is 1.17 bits per heavy atom. The average molecular weight is 249 g/mol. The van der Waals surface area contributed by atoms with Crippen LogP contribution in [0.15, 0.2) is 30.3 Å². The van der Waals surface area contributed by atoms with Gasteiger partial charge in [0.05, 0.1) is 0 Å². The Hall–Kier alpha value is -1.84. The van der Waals surface area contributed by atoms with Gasteiger partial charge in [0.25, 0.3) is 0 Å². The molecule has 98 valence electrons. The van der Waals surface area contributed by atoms with Crippen LogP contribution in [-0.4, -0.2) is 18.0 Å². The molecule has 4 heteroatoms. The van der Waals surface area contributed by atoms with Crippen molar-refractivity contribution in [2.45, 2.75) is 38.8 Å². The molecule has 0 aliphatic heterocycles. The Morgan fingerprint density at radius 3 is 2.17 bits per heavy atom. The van der Waals surface area contributed by atoms with Crippen LogP contribution in [0.3, 0.4) is 0 Å². The zero-order valence-electron chi connectivity index (χ0n) is 11.2. The van der Waals surface area contributed by atoms with E-state index in [2.05, 4.69) is 5.32 Å². The van der Waals surface area contributed by atoms with Crippen molar-refractivity contribution in [2.75, 3.05) is 0 Å². The SMILES string of the molecule is CC(C)(C)OC(=O)NC(C)(C=O)c1ccccc1. The zero-order chi connectivity index (χ0) is 13.8. The van der Waals surface area contributed by atoms with Crippen molar-refractivity contribution in [2.24, 2.45) is 0 Å². The second-order valence-electron chi connectivity index (χ2n) is 5.31. The summed E-state index contributed by atoms with van der Waals surface area (Å²) in [6.07, 6.45) is 0.0904. The van der Waals surface area contributed by atoms with Crippen molar-refractivity contribution in [3.05, 3.63) is 35.9 Å². The number of alkyl carbamates (subject to hydrolysis) is 1. The summed E-state index contributed by atoms with van der Waals surface area (Å²) in [5.74, 6) is 0. The maximum atomic E-state index is 11.7. The number of aldehydes is 1. The van der Waals surface area contributed by atoms with E-state index < -0.39 is 17.2 Å². The van der Waals surface area contributed by atoms with E-state index in [1.807, 2.05) is 18.2 Å². The number of rotatable bonds is 3. The molecule has 0 saturated carbocycles. The van der Waals surface area contributed by atoms with E-state index in [0.717, 1.165) is 0 Å². The highest BCUT2D eigenvalue weighted by molar-refractivity contribution is 5.77. The summed E-state index contributed by atoms with van der Waals surface area (Å²) in [6.45, 7) is 6.95. The van der Waals surface area contributed by atoms with Crippen LogP contribution in [0.25, 0.3) is 0 Å². The van der Waals surface area contributed by atoms with Crippen molar-refractivity contribution in [1.82, 2.24) is 5.32 Å². The minimum Gasteiger partial charge on any atom is -0.444 e. The summed E-state index contributed by atoms with van der Waals surface area (Å²) >= 11 is 0. The van der Waals surface area contributed by atoms with Crippen LogP contribution >= 0.6 is 0 Å². The Bertz CT molecular complexity index is 422. The zero-order valence-corrected chi connectivity index (χ0v) is 11.2. The molecule has 0 heterocycles. The number of nitrogens with one attached hydrogen (secondary N) is 1. The van der Waals surface area contributed by atoms with Crippen molar-refractivity contribution < 1.29 is 14.3 Å². The van der Waals surface area contributed by atoms with E-state index >= 15 is 0 Å². The number of ether oxygens (including phenoxy) is 1. The lowest BCUT2D eigenvalue weighted by Crippen LogP contribution is -2.46. The van der Waals surface area contributed by atoms with E-state index in [1.165, 1.54) is 0 Å². The number of benzene rings is 1. The van der Waals surface area contributed by atoms with E-state index in [-0.39, 0.29) is 0 Å². The predicted octanol–water partition coefficient (Wildman–Crippen LogP) is 2.63. The first-order valence-electron chi connectivity index (χ1n) is 5.80. The lowest BCUT2D eigenvalue weighted by atomic mass is 9.94. The van der Waals surface area contributed by atoms with Crippen LogP contribution in [0, 0.1) is 0 Å². The van der Waals surface area contributed by atoms with Gasteiger partial charge in [-0.25, -0.2) is 4.79 Å². The average Bonchev–Trinajstić information content (AvgIpc) is 2.27. The molecular weight excluding hydrogens is 230 g/mol. The molecule has 0 radical (unpaired) electrons. The number of hydrogen-bond donors (Lipinski definition) is 1. The molecule has 1 atom stereocenters. The second kappa shape index (κ2) is 5.21. The topological polar surface area (TPSA) is 55.4 Å². The lowest BCUT2D eigenvalue weighted by Gasteiger charge is -2.27. The van der Waals surface area contributed by atoms with Crippen molar-refractivity contribution >= 4 is 12.4 Å². The highest BCUT2D eigenvalue weighted by Crippen LogP contribution is 2.19. The van der Waals surface area contributed by atoms with E-state index in [4.69, 9.17) is 4.74 Å². The van der Waals surface area contributed by atoms with Crippen molar-refractivity contribution in [3.8, 4) is 0 Å². The van der Waals surface area contributed by atoms with Gasteiger partial charge in [-0.1, -0.05) is 30.3 Å². The molecule has 0 aromatic heterocycles. The monoisotopic (exact) mass is 249 g/mol. The minimum absolute atomic E-state index is 0.593. The highest BCUT2D eigenvalue weighted by atomic mass is 16.6. The standard InChI is InChI=1S/C14H19NO3/c1-13(2,3)18-12(17)15-14(4,10-16)11-8-6-5-7-9-11/h5-10H,1-4H3,(H,15,17). The summed E-state index contributed by atoms with van der Waals surface area (Å²) in [7, 11) is 0. The molecule has 1 N–H and O–H groups in total. The van der Waals surface area contributed by atoms with Gasteiger partial charge in [-0.2, -0.15) is 0 Å². The third-order valence-corrected chi connectivity index (χ3v) is 2.37. The fraction of sp³-hybridized carbons (Fsp3) is 0.429. The molecule has 18 heavy (non-hydrogen) atoms. The molecule has 0 bridgehead atoms. The van der Waals surface area contributed by atoms with E-state index in [9.17, 15) is 9.59 Å². The van der Waals surface area contributed by atoms with Gasteiger partial charge >= 0.3 is 6.09 Å². The van der Waals surface area contributed by atoms with Crippen LogP contribution in [-0.2, 0) is 15.1 Å². The molecule has 1 rings (SSSR count). The van der Waals surface area contributed by atoms with Crippen molar-refractivity contribution in [1.29, 1.82) is 0 Å². The van der Waals surface area contributed by atoms with E-state index in [1.54, 1.807) is 39.8 Å². The predicted molar refractivity (Wildman–Crippen MR) is 69.2 cm³/mol. The number of amides is 1. The summed E-state index contributed by atoms with van der Waals surface area (Å²) in [5.41, 5.74) is -0.959. The van der Waals surface area contributed by atoms with Gasteiger partial charge in [-0.05, 0) is 33.3 Å². The molecule has 1 amide bonds. The fourth-order valence-corrected chi connectivity index (χ4v) is 1.47. The first-order chi connectivity index (χ1) is 8.27. The molecule has 1 unspecified atom stereocenters. The fourth-order valence-electron chi connectivity index (χ4n) is 1.47. The molecule has 0 spiro atoms. The highest BCUT2D eigenvalue weighted by Gasteiger charge is 2.30. The van der Waals surface area contributed by atoms with Crippen LogP contribution in [0.2, 0.25) is 0 Å². The quantitative estimate of drug-likeness (QED) is 0.838. The molecular formula is C14H19NO3. The molecule has 4 nitrogen and oxygen atoms in total. The van der Waals surface area contributed by atoms with Crippen LogP contribution < -0.4 is 5.32 Å². The Balaban J connectivity index is 2.85. The first kappa shape index (κ1) is 14.2. The lowest BCUT2D eigenvalue weighted by molar-refractivity contribution is -0.113. The molecule has 0 aliphatic carbocycles. The third kappa shape index (κ3) is 3.87. The molecule has 1 aromatic carbocycles.